The molecule has 0 radical (unpaired) electrons. The number of ether oxygens (including phenoxy) is 1. The van der Waals surface area contributed by atoms with E-state index in [1.165, 1.54) is 17.8 Å². The van der Waals surface area contributed by atoms with Crippen LogP contribution in [0.2, 0.25) is 0 Å². The Bertz CT molecular complexity index is 701. The van der Waals surface area contributed by atoms with E-state index in [1.54, 1.807) is 6.07 Å². The summed E-state index contributed by atoms with van der Waals surface area (Å²) in [6, 6.07) is 14.6. The van der Waals surface area contributed by atoms with Crippen LogP contribution in [0.15, 0.2) is 58.3 Å². The molecular formula is C17H20N2O5S. The van der Waals surface area contributed by atoms with Crippen LogP contribution in [0, 0.1) is 5.21 Å². The van der Waals surface area contributed by atoms with E-state index in [0.29, 0.717) is 5.69 Å². The van der Waals surface area contributed by atoms with Gasteiger partial charge in [0.1, 0.15) is 12.3 Å². The lowest BCUT2D eigenvalue weighted by atomic mass is 10.1. The minimum atomic E-state index is -1.02. The molecule has 5 N–H and O–H groups in total. The second kappa shape index (κ2) is 8.15. The van der Waals surface area contributed by atoms with Crippen molar-refractivity contribution in [2.45, 2.75) is 34.6 Å². The molecule has 2 aromatic carbocycles. The van der Waals surface area contributed by atoms with E-state index in [4.69, 9.17) is 4.74 Å². The fraction of sp³-hybridized carbons (Fsp3) is 0.294. The summed E-state index contributed by atoms with van der Waals surface area (Å²) in [5.41, 5.74) is 0.756. The summed E-state index contributed by atoms with van der Waals surface area (Å²) in [6.45, 7) is 0.0308. The highest BCUT2D eigenvalue weighted by Gasteiger charge is 2.28. The minimum Gasteiger partial charge on any atom is -0.595 e. The molecule has 4 atom stereocenters. The molecule has 1 fully saturated rings. The number of anilines is 1. The van der Waals surface area contributed by atoms with Gasteiger partial charge in [-0.15, -0.1) is 0 Å². The molecule has 7 nitrogen and oxygen atoms in total. The Morgan fingerprint density at radius 2 is 1.84 bits per heavy atom. The zero-order valence-corrected chi connectivity index (χ0v) is 14.1. The van der Waals surface area contributed by atoms with E-state index in [1.807, 2.05) is 36.4 Å². The number of aliphatic hydroxyl groups excluding tert-OH is 2. The average molecular weight is 364 g/mol. The molecule has 0 aliphatic carbocycles. The molecule has 0 bridgehead atoms. The first-order valence-electron chi connectivity index (χ1n) is 7.87. The molecule has 3 rings (SSSR count). The van der Waals surface area contributed by atoms with Crippen molar-refractivity contribution in [1.29, 1.82) is 0 Å². The summed E-state index contributed by atoms with van der Waals surface area (Å²) in [6.07, 6.45) is -2.03. The van der Waals surface area contributed by atoms with Crippen LogP contribution in [-0.4, -0.2) is 40.5 Å². The lowest BCUT2D eigenvalue weighted by Crippen LogP contribution is -2.99. The molecule has 2 aromatic rings. The van der Waals surface area contributed by atoms with Gasteiger partial charge in [0.05, 0.1) is 12.7 Å². The highest BCUT2D eigenvalue weighted by atomic mass is 32.2. The predicted molar refractivity (Wildman–Crippen MR) is 92.8 cm³/mol. The maximum Gasteiger partial charge on any atom is 0.166 e. The van der Waals surface area contributed by atoms with E-state index in [9.17, 15) is 20.6 Å². The van der Waals surface area contributed by atoms with Gasteiger partial charge in [-0.2, -0.15) is 5.23 Å². The molecular weight excluding hydrogens is 344 g/mol. The van der Waals surface area contributed by atoms with Crippen molar-refractivity contribution in [3.63, 3.8) is 0 Å². The van der Waals surface area contributed by atoms with Gasteiger partial charge >= 0.3 is 0 Å². The van der Waals surface area contributed by atoms with Gasteiger partial charge in [-0.05, 0) is 18.2 Å². The zero-order chi connectivity index (χ0) is 17.8. The summed E-state index contributed by atoms with van der Waals surface area (Å²) < 4.78 is 5.45. The molecule has 0 saturated carbocycles. The van der Waals surface area contributed by atoms with Crippen molar-refractivity contribution in [3.8, 4) is 0 Å². The van der Waals surface area contributed by atoms with Crippen molar-refractivity contribution in [1.82, 2.24) is 0 Å². The van der Waals surface area contributed by atoms with Crippen molar-refractivity contribution >= 4 is 23.1 Å². The van der Waals surface area contributed by atoms with E-state index in [-0.39, 0.29) is 18.7 Å². The lowest BCUT2D eigenvalue weighted by molar-refractivity contribution is -0.991. The third-order valence-corrected chi connectivity index (χ3v) is 4.81. The zero-order valence-electron chi connectivity index (χ0n) is 13.3. The second-order valence-electron chi connectivity index (χ2n) is 5.80. The van der Waals surface area contributed by atoms with Gasteiger partial charge in [-0.3, -0.25) is 0 Å². The highest BCUT2D eigenvalue weighted by Crippen LogP contribution is 2.32. The predicted octanol–water partition coefficient (Wildman–Crippen LogP) is 1.12. The first kappa shape index (κ1) is 18.2. The average Bonchev–Trinajstić information content (AvgIpc) is 2.59. The standard InChI is InChI=1S/C17H20N2O5S/c20-15-9-17(24-10-16(15)21)18-11-6-12(19(22)23)8-14(7-11)25-13-4-2-1-3-5-13/h1-8,15-22H,9-10H2/t15-,16-,17+/m1/s1. The third-order valence-electron chi connectivity index (χ3n) is 3.83. The molecule has 8 heteroatoms. The monoisotopic (exact) mass is 364 g/mol. The van der Waals surface area contributed by atoms with Gasteiger partial charge in [-0.1, -0.05) is 30.0 Å². The van der Waals surface area contributed by atoms with Crippen molar-refractivity contribution in [2.24, 2.45) is 0 Å². The summed E-state index contributed by atoms with van der Waals surface area (Å²) in [7, 11) is 0. The highest BCUT2D eigenvalue weighted by molar-refractivity contribution is 7.99. The van der Waals surface area contributed by atoms with Gasteiger partial charge in [0.25, 0.3) is 0 Å². The quantitative estimate of drug-likeness (QED) is 0.506. The molecule has 1 unspecified atom stereocenters. The summed E-state index contributed by atoms with van der Waals surface area (Å²) in [5, 5.41) is 42.1. The number of rotatable bonds is 5. The Hall–Kier alpha value is -1.65. The number of hydrogen-bond donors (Lipinski definition) is 5. The fourth-order valence-electron chi connectivity index (χ4n) is 2.55. The van der Waals surface area contributed by atoms with Crippen LogP contribution in [0.4, 0.5) is 11.4 Å². The van der Waals surface area contributed by atoms with E-state index >= 15 is 0 Å². The lowest BCUT2D eigenvalue weighted by Gasteiger charge is -2.31. The van der Waals surface area contributed by atoms with E-state index in [2.05, 4.69) is 5.32 Å². The minimum absolute atomic E-state index is 0.0308. The van der Waals surface area contributed by atoms with Crippen LogP contribution in [0.1, 0.15) is 6.42 Å². The Kier molecular flexibility index (Phi) is 5.92. The van der Waals surface area contributed by atoms with Crippen LogP contribution in [-0.2, 0) is 4.74 Å². The van der Waals surface area contributed by atoms with Crippen LogP contribution in [0.25, 0.3) is 0 Å². The third kappa shape index (κ3) is 4.93. The van der Waals surface area contributed by atoms with Crippen LogP contribution in [0.3, 0.4) is 0 Å². The number of quaternary nitrogens is 1. The van der Waals surface area contributed by atoms with Crippen LogP contribution < -0.4 is 10.5 Å². The Balaban J connectivity index is 1.78. The summed E-state index contributed by atoms with van der Waals surface area (Å²) >= 11 is 1.46. The summed E-state index contributed by atoms with van der Waals surface area (Å²) in [4.78, 5) is 1.79. The number of benzene rings is 2. The maximum absolute atomic E-state index is 11.4. The molecule has 134 valence electrons. The normalized spacial score (nSPS) is 24.7. The van der Waals surface area contributed by atoms with Gasteiger partial charge < -0.3 is 25.5 Å². The first-order chi connectivity index (χ1) is 12.0. The van der Waals surface area contributed by atoms with Crippen molar-refractivity contribution in [3.05, 3.63) is 53.7 Å². The topological polar surface area (TPSA) is 109 Å². The molecule has 0 spiro atoms. The molecule has 25 heavy (non-hydrogen) atoms. The van der Waals surface area contributed by atoms with Crippen molar-refractivity contribution in [2.75, 3.05) is 11.9 Å². The number of nitrogens with one attached hydrogen (secondary N) is 2. The van der Waals surface area contributed by atoms with Gasteiger partial charge in [0.2, 0.25) is 0 Å². The van der Waals surface area contributed by atoms with Crippen molar-refractivity contribution < 1.29 is 25.4 Å². The smallest absolute Gasteiger partial charge is 0.166 e. The largest absolute Gasteiger partial charge is 0.595 e. The fourth-order valence-corrected chi connectivity index (χ4v) is 3.48. The van der Waals surface area contributed by atoms with Crippen LogP contribution in [0.5, 0.6) is 0 Å². The SMILES string of the molecule is [O-][NH+](O)c1cc(N[C@@H]2C[C@@H](O)[C@H](O)CO2)cc(Sc2ccccc2)c1. The summed E-state index contributed by atoms with van der Waals surface area (Å²) in [5.74, 6) is 0. The Morgan fingerprint density at radius 1 is 1.08 bits per heavy atom. The first-order valence-corrected chi connectivity index (χ1v) is 8.68. The molecule has 1 saturated heterocycles. The molecule has 0 aromatic heterocycles. The second-order valence-corrected chi connectivity index (χ2v) is 6.95. The molecule has 1 aliphatic rings. The Labute approximate surface area is 149 Å². The molecule has 0 amide bonds. The number of hydrogen-bond acceptors (Lipinski definition) is 7. The maximum atomic E-state index is 11.4. The molecule has 1 aliphatic heterocycles. The van der Waals surface area contributed by atoms with E-state index < -0.39 is 23.7 Å². The van der Waals surface area contributed by atoms with Crippen LogP contribution >= 0.6 is 11.8 Å². The number of aliphatic hydroxyl groups is 2. The van der Waals surface area contributed by atoms with E-state index in [0.717, 1.165) is 9.79 Å². The van der Waals surface area contributed by atoms with Gasteiger partial charge in [0, 0.05) is 34.0 Å². The Morgan fingerprint density at radius 3 is 2.52 bits per heavy atom. The van der Waals surface area contributed by atoms with Gasteiger partial charge in [-0.25, -0.2) is 5.21 Å². The molecule has 1 heterocycles. The van der Waals surface area contributed by atoms with Gasteiger partial charge in [0.15, 0.2) is 5.69 Å².